The van der Waals surface area contributed by atoms with Crippen LogP contribution in [-0.4, -0.2) is 27.7 Å². The molecule has 104 valence electrons. The van der Waals surface area contributed by atoms with Crippen molar-refractivity contribution in [2.45, 2.75) is 44.3 Å². The highest BCUT2D eigenvalue weighted by atomic mass is 32.2. The van der Waals surface area contributed by atoms with Crippen LogP contribution in [-0.2, 0) is 4.79 Å². The summed E-state index contributed by atoms with van der Waals surface area (Å²) in [4.78, 5) is 20.1. The van der Waals surface area contributed by atoms with Gasteiger partial charge >= 0.3 is 0 Å². The predicted octanol–water partition coefficient (Wildman–Crippen LogP) is 2.51. The molecule has 0 aliphatic heterocycles. The quantitative estimate of drug-likeness (QED) is 0.679. The lowest BCUT2D eigenvalue weighted by Gasteiger charge is -2.34. The Balaban J connectivity index is 1.78. The molecule has 0 aromatic carbocycles. The Morgan fingerprint density at radius 2 is 2.11 bits per heavy atom. The van der Waals surface area contributed by atoms with Crippen LogP contribution in [0, 0.1) is 11.8 Å². The molecule has 0 radical (unpaired) electrons. The van der Waals surface area contributed by atoms with E-state index in [4.69, 9.17) is 0 Å². The summed E-state index contributed by atoms with van der Waals surface area (Å²) in [6, 6.07) is 2.10. The molecule has 3 atom stereocenters. The standard InChI is InChI=1S/C14H21N3OS/c1-10-5-3-6-12(11(10)2)17-13(18)9-19-14-15-7-4-8-16-14/h4,7-8,10-12H,3,5-6,9H2,1-2H3,(H,17,18)/t10-,11+,12+/m1/s1. The van der Waals surface area contributed by atoms with Gasteiger partial charge in [-0.2, -0.15) is 0 Å². The number of nitrogens with zero attached hydrogens (tertiary/aromatic N) is 2. The van der Waals surface area contributed by atoms with E-state index in [9.17, 15) is 4.79 Å². The first-order chi connectivity index (χ1) is 9.16. The third-order valence-electron chi connectivity index (χ3n) is 3.93. The maximum atomic E-state index is 11.9. The molecule has 4 nitrogen and oxygen atoms in total. The summed E-state index contributed by atoms with van der Waals surface area (Å²) >= 11 is 1.38. The van der Waals surface area contributed by atoms with Crippen molar-refractivity contribution in [2.24, 2.45) is 11.8 Å². The number of hydrogen-bond donors (Lipinski definition) is 1. The number of hydrogen-bond acceptors (Lipinski definition) is 4. The van der Waals surface area contributed by atoms with E-state index in [1.54, 1.807) is 18.5 Å². The van der Waals surface area contributed by atoms with E-state index in [0.29, 0.717) is 28.8 Å². The van der Waals surface area contributed by atoms with E-state index >= 15 is 0 Å². The molecule has 1 aliphatic rings. The fourth-order valence-corrected chi connectivity index (χ4v) is 3.14. The van der Waals surface area contributed by atoms with E-state index < -0.39 is 0 Å². The minimum absolute atomic E-state index is 0.0865. The number of carbonyl (C=O) groups is 1. The van der Waals surface area contributed by atoms with Gasteiger partial charge in [0.1, 0.15) is 0 Å². The lowest BCUT2D eigenvalue weighted by Crippen LogP contribution is -2.44. The van der Waals surface area contributed by atoms with Crippen LogP contribution in [0.4, 0.5) is 0 Å². The summed E-state index contributed by atoms with van der Waals surface area (Å²) in [5, 5.41) is 3.81. The van der Waals surface area contributed by atoms with Gasteiger partial charge in [-0.05, 0) is 24.3 Å². The van der Waals surface area contributed by atoms with Crippen molar-refractivity contribution in [1.29, 1.82) is 0 Å². The van der Waals surface area contributed by atoms with Crippen LogP contribution in [0.25, 0.3) is 0 Å². The summed E-state index contributed by atoms with van der Waals surface area (Å²) in [5.41, 5.74) is 0. The molecule has 1 saturated carbocycles. The summed E-state index contributed by atoms with van der Waals surface area (Å²) in [6.07, 6.45) is 6.98. The fourth-order valence-electron chi connectivity index (χ4n) is 2.52. The van der Waals surface area contributed by atoms with Gasteiger partial charge < -0.3 is 5.32 Å². The molecule has 1 N–H and O–H groups in total. The summed E-state index contributed by atoms with van der Waals surface area (Å²) in [7, 11) is 0. The van der Waals surface area contributed by atoms with Crippen molar-refractivity contribution in [1.82, 2.24) is 15.3 Å². The first-order valence-corrected chi connectivity index (χ1v) is 7.84. The predicted molar refractivity (Wildman–Crippen MR) is 76.9 cm³/mol. The van der Waals surface area contributed by atoms with Crippen molar-refractivity contribution in [3.8, 4) is 0 Å². The van der Waals surface area contributed by atoms with Gasteiger partial charge in [0.15, 0.2) is 5.16 Å². The van der Waals surface area contributed by atoms with Gasteiger partial charge in [0.05, 0.1) is 5.75 Å². The Morgan fingerprint density at radius 3 is 2.84 bits per heavy atom. The largest absolute Gasteiger partial charge is 0.352 e. The van der Waals surface area contributed by atoms with Crippen LogP contribution in [0.1, 0.15) is 33.1 Å². The van der Waals surface area contributed by atoms with E-state index in [1.807, 2.05) is 0 Å². The van der Waals surface area contributed by atoms with E-state index in [1.165, 1.54) is 24.6 Å². The Labute approximate surface area is 118 Å². The smallest absolute Gasteiger partial charge is 0.230 e. The topological polar surface area (TPSA) is 54.9 Å². The number of thioether (sulfide) groups is 1. The molecule has 0 saturated heterocycles. The monoisotopic (exact) mass is 279 g/mol. The van der Waals surface area contributed by atoms with Crippen LogP contribution < -0.4 is 5.32 Å². The first kappa shape index (κ1) is 14.3. The Morgan fingerprint density at radius 1 is 1.37 bits per heavy atom. The maximum Gasteiger partial charge on any atom is 0.230 e. The zero-order valence-electron chi connectivity index (χ0n) is 11.5. The number of rotatable bonds is 4. The second-order valence-electron chi connectivity index (χ2n) is 5.26. The van der Waals surface area contributed by atoms with E-state index in [2.05, 4.69) is 29.1 Å². The third kappa shape index (κ3) is 4.20. The zero-order chi connectivity index (χ0) is 13.7. The average molecular weight is 279 g/mol. The minimum atomic E-state index is 0.0865. The summed E-state index contributed by atoms with van der Waals surface area (Å²) in [6.45, 7) is 4.51. The molecule has 1 aromatic heterocycles. The van der Waals surface area contributed by atoms with E-state index in [0.717, 1.165) is 6.42 Å². The Bertz CT molecular complexity index is 412. The summed E-state index contributed by atoms with van der Waals surface area (Å²) < 4.78 is 0. The molecule has 1 fully saturated rings. The molecular weight excluding hydrogens is 258 g/mol. The SMILES string of the molecule is C[C@H]1[C@H](C)CCC[C@@H]1NC(=O)CSc1ncccn1. The van der Waals surface area contributed by atoms with Gasteiger partial charge in [-0.15, -0.1) is 0 Å². The second-order valence-corrected chi connectivity index (χ2v) is 6.20. The van der Waals surface area contributed by atoms with Crippen molar-refractivity contribution in [3.63, 3.8) is 0 Å². The van der Waals surface area contributed by atoms with Gasteiger partial charge in [0.2, 0.25) is 5.91 Å². The molecular formula is C14H21N3OS. The molecule has 1 aromatic rings. The van der Waals surface area contributed by atoms with Crippen molar-refractivity contribution < 1.29 is 4.79 Å². The molecule has 0 unspecified atom stereocenters. The van der Waals surface area contributed by atoms with Crippen molar-refractivity contribution in [2.75, 3.05) is 5.75 Å². The first-order valence-electron chi connectivity index (χ1n) is 6.86. The molecule has 1 heterocycles. The molecule has 2 rings (SSSR count). The number of amides is 1. The molecule has 1 aliphatic carbocycles. The molecule has 0 bridgehead atoms. The highest BCUT2D eigenvalue weighted by Crippen LogP contribution is 2.29. The molecule has 1 amide bonds. The molecule has 19 heavy (non-hydrogen) atoms. The summed E-state index contributed by atoms with van der Waals surface area (Å²) in [5.74, 6) is 1.74. The number of carbonyl (C=O) groups excluding carboxylic acids is 1. The Hall–Kier alpha value is -1.10. The highest BCUT2D eigenvalue weighted by molar-refractivity contribution is 7.99. The van der Waals surface area contributed by atoms with Crippen LogP contribution >= 0.6 is 11.8 Å². The van der Waals surface area contributed by atoms with Crippen LogP contribution in [0.3, 0.4) is 0 Å². The van der Waals surface area contributed by atoms with Crippen LogP contribution in [0.5, 0.6) is 0 Å². The van der Waals surface area contributed by atoms with Crippen LogP contribution in [0.15, 0.2) is 23.6 Å². The van der Waals surface area contributed by atoms with Crippen molar-refractivity contribution >= 4 is 17.7 Å². The van der Waals surface area contributed by atoms with E-state index in [-0.39, 0.29) is 5.91 Å². The lowest BCUT2D eigenvalue weighted by atomic mass is 9.78. The van der Waals surface area contributed by atoms with Crippen LogP contribution in [0.2, 0.25) is 0 Å². The maximum absolute atomic E-state index is 11.9. The fraction of sp³-hybridized carbons (Fsp3) is 0.643. The van der Waals surface area contributed by atoms with Gasteiger partial charge in [-0.25, -0.2) is 9.97 Å². The molecule has 0 spiro atoms. The van der Waals surface area contributed by atoms with Crippen molar-refractivity contribution in [3.05, 3.63) is 18.5 Å². The lowest BCUT2D eigenvalue weighted by molar-refractivity contribution is -0.120. The zero-order valence-corrected chi connectivity index (χ0v) is 12.3. The average Bonchev–Trinajstić information content (AvgIpc) is 2.43. The van der Waals surface area contributed by atoms with Gasteiger partial charge in [-0.3, -0.25) is 4.79 Å². The number of nitrogens with one attached hydrogen (secondary N) is 1. The molecule has 5 heteroatoms. The second kappa shape index (κ2) is 6.89. The minimum Gasteiger partial charge on any atom is -0.352 e. The van der Waals surface area contributed by atoms with Gasteiger partial charge in [-0.1, -0.05) is 38.5 Å². The normalized spacial score (nSPS) is 26.9. The Kier molecular flexibility index (Phi) is 5.19. The van der Waals surface area contributed by atoms with Gasteiger partial charge in [0, 0.05) is 18.4 Å². The highest BCUT2D eigenvalue weighted by Gasteiger charge is 2.27. The third-order valence-corrected chi connectivity index (χ3v) is 4.80. The van der Waals surface area contributed by atoms with Gasteiger partial charge in [0.25, 0.3) is 0 Å². The number of aromatic nitrogens is 2.